The molecule has 6 heteroatoms. The average Bonchev–Trinajstić information content (AvgIpc) is 2.87. The van der Waals surface area contributed by atoms with Crippen LogP contribution in [-0.2, 0) is 17.9 Å². The third-order valence-corrected chi connectivity index (χ3v) is 5.78. The van der Waals surface area contributed by atoms with E-state index >= 15 is 0 Å². The van der Waals surface area contributed by atoms with Gasteiger partial charge in [0.05, 0.1) is 12.2 Å². The van der Waals surface area contributed by atoms with Crippen molar-refractivity contribution in [3.8, 4) is 0 Å². The number of carbonyl (C=O) groups is 2. The zero-order chi connectivity index (χ0) is 18.9. The van der Waals surface area contributed by atoms with Crippen LogP contribution >= 0.6 is 0 Å². The highest BCUT2D eigenvalue weighted by Gasteiger charge is 2.56. The second-order valence-electron chi connectivity index (χ2n) is 7.35. The first kappa shape index (κ1) is 17.7. The predicted octanol–water partition coefficient (Wildman–Crippen LogP) is 2.51. The second kappa shape index (κ2) is 7.12. The number of piperidine rings is 1. The number of urea groups is 1. The molecule has 1 spiro atoms. The maximum atomic E-state index is 13.2. The van der Waals surface area contributed by atoms with Crippen LogP contribution in [0.25, 0.3) is 0 Å². The second-order valence-corrected chi connectivity index (χ2v) is 7.35. The minimum atomic E-state index is -0.702. The molecule has 0 unspecified atom stereocenters. The highest BCUT2D eigenvalue weighted by atomic mass is 16.2. The van der Waals surface area contributed by atoms with E-state index in [9.17, 15) is 9.59 Å². The van der Waals surface area contributed by atoms with Gasteiger partial charge in [-0.2, -0.15) is 0 Å². The topological polar surface area (TPSA) is 56.8 Å². The summed E-state index contributed by atoms with van der Waals surface area (Å²) in [5.41, 5.74) is 1.30. The van der Waals surface area contributed by atoms with Crippen molar-refractivity contribution < 1.29 is 9.59 Å². The van der Waals surface area contributed by atoms with Gasteiger partial charge in [0.15, 0.2) is 0 Å². The fraction of sp³-hybridized carbons (Fsp3) is 0.381. The summed E-state index contributed by atoms with van der Waals surface area (Å²) in [7, 11) is 1.76. The molecule has 3 heterocycles. The van der Waals surface area contributed by atoms with Crippen molar-refractivity contribution in [3.05, 3.63) is 66.0 Å². The molecule has 4 rings (SSSR count). The SMILES string of the molecule is CN1C(=O)N(Cc2ccccc2)C(=O)C12CCN(Cc1ccccn1)CC2. The zero-order valence-corrected chi connectivity index (χ0v) is 15.5. The summed E-state index contributed by atoms with van der Waals surface area (Å²) in [5.74, 6) is -0.0589. The molecule has 1 aromatic carbocycles. The summed E-state index contributed by atoms with van der Waals surface area (Å²) in [6, 6.07) is 15.4. The Morgan fingerprint density at radius 3 is 2.33 bits per heavy atom. The van der Waals surface area contributed by atoms with Crippen LogP contribution in [0, 0.1) is 0 Å². The molecule has 0 bridgehead atoms. The van der Waals surface area contributed by atoms with E-state index < -0.39 is 5.54 Å². The van der Waals surface area contributed by atoms with Gasteiger partial charge in [0.25, 0.3) is 5.91 Å². The molecule has 3 amide bonds. The van der Waals surface area contributed by atoms with Crippen LogP contribution in [0.1, 0.15) is 24.1 Å². The van der Waals surface area contributed by atoms with E-state index in [1.165, 1.54) is 4.90 Å². The number of hydrogen-bond donors (Lipinski definition) is 0. The van der Waals surface area contributed by atoms with Gasteiger partial charge >= 0.3 is 6.03 Å². The van der Waals surface area contributed by atoms with Crippen LogP contribution in [0.15, 0.2) is 54.7 Å². The Hall–Kier alpha value is -2.73. The molecule has 2 fully saturated rings. The van der Waals surface area contributed by atoms with Crippen LogP contribution < -0.4 is 0 Å². The summed E-state index contributed by atoms with van der Waals surface area (Å²) >= 11 is 0. The molecule has 140 valence electrons. The van der Waals surface area contributed by atoms with E-state index in [0.717, 1.165) is 30.9 Å². The largest absolute Gasteiger partial charge is 0.327 e. The number of nitrogens with zero attached hydrogens (tertiary/aromatic N) is 4. The van der Waals surface area contributed by atoms with Gasteiger partial charge in [-0.05, 0) is 30.5 Å². The molecular formula is C21H24N4O2. The molecule has 2 saturated heterocycles. The van der Waals surface area contributed by atoms with Gasteiger partial charge in [-0.1, -0.05) is 36.4 Å². The van der Waals surface area contributed by atoms with Crippen molar-refractivity contribution in [2.24, 2.45) is 0 Å². The maximum absolute atomic E-state index is 13.2. The van der Waals surface area contributed by atoms with Crippen LogP contribution in [0.5, 0.6) is 0 Å². The van der Waals surface area contributed by atoms with Crippen molar-refractivity contribution in [1.29, 1.82) is 0 Å². The summed E-state index contributed by atoms with van der Waals surface area (Å²) in [4.78, 5) is 35.7. The fourth-order valence-electron chi connectivity index (χ4n) is 4.10. The van der Waals surface area contributed by atoms with E-state index in [2.05, 4.69) is 9.88 Å². The van der Waals surface area contributed by atoms with Gasteiger partial charge in [0.2, 0.25) is 0 Å². The van der Waals surface area contributed by atoms with Gasteiger partial charge in [-0.15, -0.1) is 0 Å². The van der Waals surface area contributed by atoms with E-state index in [4.69, 9.17) is 0 Å². The number of carbonyl (C=O) groups excluding carboxylic acids is 2. The van der Waals surface area contributed by atoms with Gasteiger partial charge in [-0.3, -0.25) is 19.6 Å². The Morgan fingerprint density at radius 1 is 0.963 bits per heavy atom. The van der Waals surface area contributed by atoms with Gasteiger partial charge in [0, 0.05) is 32.9 Å². The number of pyridine rings is 1. The summed E-state index contributed by atoms with van der Waals surface area (Å²) in [6.07, 6.45) is 3.12. The first-order chi connectivity index (χ1) is 13.1. The van der Waals surface area contributed by atoms with Crippen molar-refractivity contribution in [2.45, 2.75) is 31.5 Å². The van der Waals surface area contributed by atoms with Gasteiger partial charge in [-0.25, -0.2) is 4.79 Å². The van der Waals surface area contributed by atoms with Crippen LogP contribution in [0.3, 0.4) is 0 Å². The first-order valence-corrected chi connectivity index (χ1v) is 9.36. The number of benzene rings is 1. The molecule has 0 N–H and O–H groups in total. The molecule has 2 aliphatic heterocycles. The molecular weight excluding hydrogens is 340 g/mol. The maximum Gasteiger partial charge on any atom is 0.327 e. The lowest BCUT2D eigenvalue weighted by Gasteiger charge is -2.40. The Bertz CT molecular complexity index is 817. The molecule has 1 aromatic heterocycles. The minimum absolute atomic E-state index is 0.0589. The van der Waals surface area contributed by atoms with Gasteiger partial charge in [0.1, 0.15) is 5.54 Å². The summed E-state index contributed by atoms with van der Waals surface area (Å²) in [5, 5.41) is 0. The standard InChI is InChI=1S/C21H24N4O2/c1-23-20(27)25(15-17-7-3-2-4-8-17)19(26)21(23)10-13-24(14-11-21)16-18-9-5-6-12-22-18/h2-9,12H,10-11,13-16H2,1H3. The van der Waals surface area contributed by atoms with E-state index in [1.54, 1.807) is 18.1 Å². The molecule has 0 radical (unpaired) electrons. The normalized spacial score (nSPS) is 19.9. The number of aromatic nitrogens is 1. The highest BCUT2D eigenvalue weighted by Crippen LogP contribution is 2.37. The Kier molecular flexibility index (Phi) is 4.66. The molecule has 27 heavy (non-hydrogen) atoms. The van der Waals surface area contributed by atoms with Gasteiger partial charge < -0.3 is 4.90 Å². The lowest BCUT2D eigenvalue weighted by Crippen LogP contribution is -2.55. The lowest BCUT2D eigenvalue weighted by molar-refractivity contribution is -0.135. The summed E-state index contributed by atoms with van der Waals surface area (Å²) < 4.78 is 0. The first-order valence-electron chi connectivity index (χ1n) is 9.36. The Labute approximate surface area is 159 Å². The number of likely N-dealkylation sites (N-methyl/N-ethyl adjacent to an activating group) is 1. The minimum Gasteiger partial charge on any atom is -0.312 e. The lowest BCUT2D eigenvalue weighted by atomic mass is 9.86. The molecule has 2 aliphatic rings. The monoisotopic (exact) mass is 364 g/mol. The molecule has 0 atom stereocenters. The number of hydrogen-bond acceptors (Lipinski definition) is 4. The molecule has 6 nitrogen and oxygen atoms in total. The number of likely N-dealkylation sites (tertiary alicyclic amines) is 1. The Balaban J connectivity index is 1.45. The van der Waals surface area contributed by atoms with Crippen LogP contribution in [0.4, 0.5) is 4.79 Å². The third-order valence-electron chi connectivity index (χ3n) is 5.78. The fourth-order valence-corrected chi connectivity index (χ4v) is 4.10. The van der Waals surface area contributed by atoms with E-state index in [1.807, 2.05) is 48.5 Å². The smallest absolute Gasteiger partial charge is 0.312 e. The van der Waals surface area contributed by atoms with Crippen LogP contribution in [0.2, 0.25) is 0 Å². The highest BCUT2D eigenvalue weighted by molar-refractivity contribution is 6.06. The number of amides is 3. The molecule has 2 aromatic rings. The third kappa shape index (κ3) is 3.21. The summed E-state index contributed by atoms with van der Waals surface area (Å²) in [6.45, 7) is 2.66. The van der Waals surface area contributed by atoms with E-state index in [0.29, 0.717) is 19.4 Å². The number of rotatable bonds is 4. The Morgan fingerprint density at radius 2 is 1.67 bits per heavy atom. The quantitative estimate of drug-likeness (QED) is 0.783. The average molecular weight is 364 g/mol. The van der Waals surface area contributed by atoms with Crippen molar-refractivity contribution in [1.82, 2.24) is 19.7 Å². The molecule has 0 aliphatic carbocycles. The molecule has 0 saturated carbocycles. The van der Waals surface area contributed by atoms with E-state index in [-0.39, 0.29) is 11.9 Å². The number of imide groups is 1. The van der Waals surface area contributed by atoms with Crippen LogP contribution in [-0.4, -0.2) is 57.3 Å². The van der Waals surface area contributed by atoms with Crippen molar-refractivity contribution in [2.75, 3.05) is 20.1 Å². The van der Waals surface area contributed by atoms with Crippen molar-refractivity contribution >= 4 is 11.9 Å². The van der Waals surface area contributed by atoms with Crippen molar-refractivity contribution in [3.63, 3.8) is 0 Å². The predicted molar refractivity (Wildman–Crippen MR) is 102 cm³/mol. The zero-order valence-electron chi connectivity index (χ0n) is 15.5.